The first-order valence-corrected chi connectivity index (χ1v) is 18.8. The summed E-state index contributed by atoms with van der Waals surface area (Å²) >= 11 is 0. The highest BCUT2D eigenvalue weighted by atomic mass is 19.1. The van der Waals surface area contributed by atoms with Crippen LogP contribution in [-0.2, 0) is 60.3 Å². The van der Waals surface area contributed by atoms with E-state index >= 15 is 4.39 Å². The number of esters is 2. The second kappa shape index (κ2) is 14.4. The number of nitrogens with zero attached hydrogens (tertiary/aromatic N) is 2. The summed E-state index contributed by atoms with van der Waals surface area (Å²) in [5.74, 6) is -2.69. The van der Waals surface area contributed by atoms with E-state index < -0.39 is 64.7 Å². The summed E-state index contributed by atoms with van der Waals surface area (Å²) in [6, 6.07) is 10.5. The number of aromatic nitrogens is 2. The molecule has 0 fully saturated rings. The number of ether oxygens (including phenoxy) is 4. The normalized spacial score (nSPS) is 18.7. The minimum atomic E-state index is -2.04. The molecule has 14 heteroatoms. The predicted octanol–water partition coefficient (Wildman–Crippen LogP) is 6.54. The van der Waals surface area contributed by atoms with Gasteiger partial charge in [-0.15, -0.1) is 0 Å². The van der Waals surface area contributed by atoms with Crippen LogP contribution in [0.15, 0.2) is 47.3 Å². The van der Waals surface area contributed by atoms with E-state index in [2.05, 4.69) is 10.6 Å². The summed E-state index contributed by atoms with van der Waals surface area (Å²) in [5, 5.41) is 6.28. The van der Waals surface area contributed by atoms with Gasteiger partial charge in [-0.2, -0.15) is 0 Å². The summed E-state index contributed by atoms with van der Waals surface area (Å²) in [6.07, 6.45) is -0.654. The third-order valence-electron chi connectivity index (χ3n) is 10.7. The number of carbonyl (C=O) groups excluding carboxylic acids is 4. The molecule has 0 saturated heterocycles. The predicted molar refractivity (Wildman–Crippen MR) is 202 cm³/mol. The van der Waals surface area contributed by atoms with Gasteiger partial charge in [0.2, 0.25) is 5.60 Å². The number of benzene rings is 2. The van der Waals surface area contributed by atoms with Crippen molar-refractivity contribution >= 4 is 35.0 Å². The Kier molecular flexibility index (Phi) is 9.88. The quantitative estimate of drug-likeness (QED) is 0.131. The van der Waals surface area contributed by atoms with Crippen LogP contribution < -0.4 is 16.2 Å². The van der Waals surface area contributed by atoms with Gasteiger partial charge in [0.15, 0.2) is 0 Å². The maximum absolute atomic E-state index is 15.4. The molecule has 0 spiro atoms. The summed E-state index contributed by atoms with van der Waals surface area (Å²) in [6.45, 7) is 11.6. The number of alkyl carbamates (subject to hydrolysis) is 2. The van der Waals surface area contributed by atoms with E-state index in [9.17, 15) is 24.0 Å². The minimum Gasteiger partial charge on any atom is -0.457 e. The molecule has 7 rings (SSSR count). The topological polar surface area (TPSA) is 164 Å². The van der Waals surface area contributed by atoms with E-state index in [1.54, 1.807) is 54.5 Å². The molecule has 3 atom stereocenters. The molecule has 2 aromatic carbocycles. The molecule has 0 radical (unpaired) electrons. The molecule has 56 heavy (non-hydrogen) atoms. The molecule has 2 aromatic heterocycles. The molecule has 13 nitrogen and oxygen atoms in total. The average Bonchev–Trinajstić information content (AvgIpc) is 3.51. The molecular weight excluding hydrogens is 723 g/mol. The highest BCUT2D eigenvalue weighted by Crippen LogP contribution is 2.46. The highest BCUT2D eigenvalue weighted by molar-refractivity contribution is 5.94. The Morgan fingerprint density at radius 1 is 1.07 bits per heavy atom. The van der Waals surface area contributed by atoms with Crippen molar-refractivity contribution in [2.24, 2.45) is 5.92 Å². The number of pyridine rings is 2. The van der Waals surface area contributed by atoms with Crippen LogP contribution in [-0.4, -0.2) is 45.3 Å². The second-order valence-corrected chi connectivity index (χ2v) is 15.9. The highest BCUT2D eigenvalue weighted by Gasteiger charge is 2.52. The van der Waals surface area contributed by atoms with Crippen LogP contribution >= 0.6 is 0 Å². The smallest absolute Gasteiger partial charge is 0.408 e. The molecule has 2 aliphatic heterocycles. The molecule has 1 aliphatic carbocycles. The van der Waals surface area contributed by atoms with Gasteiger partial charge in [-0.25, -0.2) is 28.6 Å². The first-order chi connectivity index (χ1) is 26.5. The van der Waals surface area contributed by atoms with E-state index in [0.29, 0.717) is 51.8 Å². The van der Waals surface area contributed by atoms with Crippen molar-refractivity contribution < 1.29 is 42.5 Å². The Morgan fingerprint density at radius 3 is 2.48 bits per heavy atom. The monoisotopic (exact) mass is 768 g/mol. The van der Waals surface area contributed by atoms with Crippen LogP contribution in [0.4, 0.5) is 14.0 Å². The van der Waals surface area contributed by atoms with Crippen molar-refractivity contribution in [1.29, 1.82) is 0 Å². The summed E-state index contributed by atoms with van der Waals surface area (Å²) < 4.78 is 39.5. The average molecular weight is 769 g/mol. The first-order valence-electron chi connectivity index (χ1n) is 18.8. The Labute approximate surface area is 322 Å². The van der Waals surface area contributed by atoms with Gasteiger partial charge in [-0.05, 0) is 81.2 Å². The van der Waals surface area contributed by atoms with Gasteiger partial charge in [-0.1, -0.05) is 51.1 Å². The lowest BCUT2D eigenvalue weighted by Crippen LogP contribution is -2.53. The van der Waals surface area contributed by atoms with Gasteiger partial charge < -0.3 is 34.1 Å². The van der Waals surface area contributed by atoms with Gasteiger partial charge in [0, 0.05) is 22.6 Å². The fourth-order valence-corrected chi connectivity index (χ4v) is 7.93. The number of carbonyl (C=O) groups is 4. The van der Waals surface area contributed by atoms with Gasteiger partial charge >= 0.3 is 24.1 Å². The number of aryl methyl sites for hydroxylation is 1. The fourth-order valence-electron chi connectivity index (χ4n) is 7.93. The molecule has 0 unspecified atom stereocenters. The van der Waals surface area contributed by atoms with Crippen molar-refractivity contribution in [2.45, 2.75) is 111 Å². The van der Waals surface area contributed by atoms with Crippen molar-refractivity contribution in [1.82, 2.24) is 20.2 Å². The third-order valence-corrected chi connectivity index (χ3v) is 10.7. The van der Waals surface area contributed by atoms with E-state index in [-0.39, 0.29) is 37.3 Å². The van der Waals surface area contributed by atoms with Crippen LogP contribution in [0, 0.1) is 18.7 Å². The zero-order valence-electron chi connectivity index (χ0n) is 32.5. The molecule has 3 aliphatic rings. The van der Waals surface area contributed by atoms with Crippen LogP contribution in [0.3, 0.4) is 0 Å². The van der Waals surface area contributed by atoms with Crippen LogP contribution in [0.25, 0.3) is 22.3 Å². The number of nitrogens with one attached hydrogen (secondary N) is 2. The Hall–Kier alpha value is -5.79. The van der Waals surface area contributed by atoms with E-state index in [0.717, 1.165) is 11.1 Å². The maximum Gasteiger partial charge on any atom is 0.408 e. The molecule has 0 saturated carbocycles. The third kappa shape index (κ3) is 6.75. The lowest BCUT2D eigenvalue weighted by Gasteiger charge is -2.37. The minimum absolute atomic E-state index is 0.0656. The van der Waals surface area contributed by atoms with Crippen molar-refractivity contribution in [2.75, 3.05) is 0 Å². The number of hydrogen-bond acceptors (Lipinski definition) is 10. The number of rotatable bonds is 8. The second-order valence-electron chi connectivity index (χ2n) is 15.9. The van der Waals surface area contributed by atoms with Gasteiger partial charge in [0.05, 0.1) is 35.1 Å². The van der Waals surface area contributed by atoms with Crippen LogP contribution in [0.1, 0.15) is 99.4 Å². The Bertz CT molecular complexity index is 2350. The molecule has 4 heterocycles. The summed E-state index contributed by atoms with van der Waals surface area (Å²) in [5.41, 5.74) is 1.40. The van der Waals surface area contributed by atoms with Crippen molar-refractivity contribution in [3.05, 3.63) is 97.6 Å². The molecule has 0 bridgehead atoms. The summed E-state index contributed by atoms with van der Waals surface area (Å²) in [7, 11) is 0. The lowest BCUT2D eigenvalue weighted by molar-refractivity contribution is -0.191. The number of fused-ring (bicyclic) bond motifs is 5. The van der Waals surface area contributed by atoms with Crippen LogP contribution in [0.5, 0.6) is 0 Å². The maximum atomic E-state index is 15.4. The van der Waals surface area contributed by atoms with Crippen LogP contribution in [0.2, 0.25) is 0 Å². The molecule has 2 amide bonds. The first kappa shape index (κ1) is 38.5. The number of cyclic esters (lactones) is 1. The zero-order chi connectivity index (χ0) is 40.3. The van der Waals surface area contributed by atoms with Gasteiger partial charge in [0.25, 0.3) is 5.56 Å². The Morgan fingerprint density at radius 2 is 1.80 bits per heavy atom. The lowest BCUT2D eigenvalue weighted by atomic mass is 9.81. The number of halogens is 1. The van der Waals surface area contributed by atoms with E-state index in [1.807, 2.05) is 30.3 Å². The molecule has 4 aromatic rings. The summed E-state index contributed by atoms with van der Waals surface area (Å²) in [4.78, 5) is 73.0. The van der Waals surface area contributed by atoms with E-state index in [1.165, 1.54) is 10.6 Å². The molecular formula is C42H45FN4O9. The van der Waals surface area contributed by atoms with Gasteiger partial charge in [0.1, 0.15) is 30.7 Å². The van der Waals surface area contributed by atoms with E-state index in [4.69, 9.17) is 23.9 Å². The van der Waals surface area contributed by atoms with Crippen molar-refractivity contribution in [3.63, 3.8) is 0 Å². The zero-order valence-corrected chi connectivity index (χ0v) is 32.5. The number of hydrogen-bond donors (Lipinski definition) is 2. The fraction of sp³-hybridized carbons (Fsp3) is 0.429. The Balaban J connectivity index is 1.31. The SMILES string of the molecule is CC[C@@]1(OC(=O)[C@@H](NC(=O)OC(C)(C)C)C(C)C)C(=O)OCc2c1cc1n(c2=O)Cc2c-1nc1cc(F)c(C)c3c1c2[C@@H](NC(=O)OCc1ccccc1)CC3. The molecule has 2 N–H and O–H groups in total. The standard InChI is InChI=1S/C42H45FN4O9/c1-8-42(55-37(49)34(21(2)3)46-40(52)56-41(5,6)7)27-16-31-35-25(18-47(31)36(48)26(27)20-53-38(42)50)33-29(45-39(51)54-19-23-12-10-9-11-13-23)15-14-24-22(4)28(43)17-30(44-35)32(24)33/h9-13,16-17,21,29,34H,8,14-15,18-20H2,1-7H3,(H,45,51)(H,46,52)/t29-,34-,42-/m0/s1. The van der Waals surface area contributed by atoms with Crippen molar-refractivity contribution in [3.8, 4) is 11.4 Å². The number of amides is 2. The van der Waals surface area contributed by atoms with Gasteiger partial charge in [-0.3, -0.25) is 4.79 Å². The molecule has 294 valence electrons. The largest absolute Gasteiger partial charge is 0.457 e.